The Bertz CT molecular complexity index is 1720. The second-order valence-electron chi connectivity index (χ2n) is 8.58. The van der Waals surface area contributed by atoms with Gasteiger partial charge in [0.15, 0.2) is 0 Å². The summed E-state index contributed by atoms with van der Waals surface area (Å²) < 4.78 is 46.0. The van der Waals surface area contributed by atoms with E-state index in [0.29, 0.717) is 17.6 Å². The van der Waals surface area contributed by atoms with Crippen molar-refractivity contribution in [3.8, 4) is 22.7 Å². The van der Waals surface area contributed by atoms with Crippen LogP contribution in [0, 0.1) is 0 Å². The lowest BCUT2D eigenvalue weighted by atomic mass is 10.0. The summed E-state index contributed by atoms with van der Waals surface area (Å²) in [4.78, 5) is 29.5. The summed E-state index contributed by atoms with van der Waals surface area (Å²) in [6, 6.07) is 17.3. The number of aliphatic imine (C=N–C) groups is 1. The normalized spacial score (nSPS) is 15.0. The average molecular weight is 542 g/mol. The van der Waals surface area contributed by atoms with Gasteiger partial charge in [-0.25, -0.2) is 19.9 Å². The molecular formula is C27H17F3N8O2. The SMILES string of the molecule is O=C1Nc2ccccc2C(c2ccccc2)=NC1Nc1nnc(-c2ncc(C(F)(F)F)cc2-c2cncnc2)o1. The monoisotopic (exact) mass is 542 g/mol. The van der Waals surface area contributed by atoms with E-state index >= 15 is 0 Å². The van der Waals surface area contributed by atoms with Crippen LogP contribution in [0.25, 0.3) is 22.7 Å². The molecule has 0 saturated heterocycles. The number of fused-ring (bicyclic) bond motifs is 1. The van der Waals surface area contributed by atoms with Gasteiger partial charge >= 0.3 is 12.2 Å². The van der Waals surface area contributed by atoms with Gasteiger partial charge in [-0.2, -0.15) is 13.2 Å². The molecule has 0 spiro atoms. The standard InChI is InChI=1S/C27H17F3N8O2/c28-27(29,30)17-10-19(16-11-31-14-32-12-16)22(33-13-17)25-37-38-26(40-25)36-23-24(39)34-20-9-5-4-8-18(20)21(35-23)15-6-2-1-3-7-15/h1-14,23H,(H,34,39)(H,36,38). The number of anilines is 2. The molecule has 1 amide bonds. The predicted molar refractivity (Wildman–Crippen MR) is 138 cm³/mol. The first-order valence-corrected chi connectivity index (χ1v) is 11.8. The average Bonchev–Trinajstić information content (AvgIpc) is 3.38. The van der Waals surface area contributed by atoms with Crippen molar-refractivity contribution >= 4 is 23.3 Å². The lowest BCUT2D eigenvalue weighted by molar-refractivity contribution is -0.137. The molecule has 1 atom stereocenters. The molecule has 2 aromatic carbocycles. The summed E-state index contributed by atoms with van der Waals surface area (Å²) >= 11 is 0. The van der Waals surface area contributed by atoms with Crippen LogP contribution < -0.4 is 10.6 Å². The zero-order valence-corrected chi connectivity index (χ0v) is 20.3. The van der Waals surface area contributed by atoms with E-state index in [4.69, 9.17) is 4.42 Å². The predicted octanol–water partition coefficient (Wildman–Crippen LogP) is 4.84. The minimum Gasteiger partial charge on any atom is -0.402 e. The van der Waals surface area contributed by atoms with Crippen LogP contribution in [0.3, 0.4) is 0 Å². The largest absolute Gasteiger partial charge is 0.417 e. The molecule has 40 heavy (non-hydrogen) atoms. The fraction of sp³-hybridized carbons (Fsp3) is 0.0741. The summed E-state index contributed by atoms with van der Waals surface area (Å²) in [5.74, 6) is -0.660. The van der Waals surface area contributed by atoms with E-state index in [9.17, 15) is 18.0 Å². The minimum absolute atomic E-state index is 0.0189. The van der Waals surface area contributed by atoms with E-state index in [1.54, 1.807) is 12.1 Å². The molecule has 0 bridgehead atoms. The lowest BCUT2D eigenvalue weighted by Crippen LogP contribution is -2.32. The number of carbonyl (C=O) groups is 1. The highest BCUT2D eigenvalue weighted by atomic mass is 19.4. The van der Waals surface area contributed by atoms with Gasteiger partial charge in [0.05, 0.1) is 17.0 Å². The van der Waals surface area contributed by atoms with Crippen molar-refractivity contribution in [1.29, 1.82) is 0 Å². The molecule has 0 saturated carbocycles. The Balaban J connectivity index is 1.36. The molecule has 1 aliphatic heterocycles. The highest BCUT2D eigenvalue weighted by Crippen LogP contribution is 2.36. The van der Waals surface area contributed by atoms with Crippen LogP contribution >= 0.6 is 0 Å². The number of benzene rings is 2. The first kappa shape index (κ1) is 24.9. The fourth-order valence-electron chi connectivity index (χ4n) is 4.12. The Labute approximate surface area is 224 Å². The number of para-hydroxylation sites is 1. The Morgan fingerprint density at radius 1 is 0.875 bits per heavy atom. The number of nitrogens with zero attached hydrogens (tertiary/aromatic N) is 6. The molecule has 0 fully saturated rings. The Morgan fingerprint density at radius 2 is 1.62 bits per heavy atom. The van der Waals surface area contributed by atoms with Gasteiger partial charge in [-0.1, -0.05) is 53.6 Å². The molecule has 0 radical (unpaired) electrons. The number of halogens is 3. The van der Waals surface area contributed by atoms with Gasteiger partial charge in [-0.05, 0) is 12.1 Å². The van der Waals surface area contributed by atoms with Gasteiger partial charge < -0.3 is 15.1 Å². The number of aromatic nitrogens is 5. The molecular weight excluding hydrogens is 525 g/mol. The molecule has 6 rings (SSSR count). The summed E-state index contributed by atoms with van der Waals surface area (Å²) in [5, 5.41) is 13.5. The minimum atomic E-state index is -4.63. The fourth-order valence-corrected chi connectivity index (χ4v) is 4.12. The Morgan fingerprint density at radius 3 is 2.40 bits per heavy atom. The molecule has 13 heteroatoms. The second-order valence-corrected chi connectivity index (χ2v) is 8.58. The van der Waals surface area contributed by atoms with Crippen molar-refractivity contribution in [2.75, 3.05) is 10.6 Å². The van der Waals surface area contributed by atoms with Crippen LogP contribution in [0.1, 0.15) is 16.7 Å². The molecule has 10 nitrogen and oxygen atoms in total. The van der Waals surface area contributed by atoms with Crippen molar-refractivity contribution in [2.45, 2.75) is 12.3 Å². The third-order valence-electron chi connectivity index (χ3n) is 5.97. The number of benzodiazepines with no additional fused rings is 1. The third-order valence-corrected chi connectivity index (χ3v) is 5.97. The number of rotatable bonds is 5. The first-order valence-electron chi connectivity index (χ1n) is 11.8. The van der Waals surface area contributed by atoms with Crippen LogP contribution in [-0.4, -0.2) is 42.9 Å². The van der Waals surface area contributed by atoms with E-state index in [0.717, 1.165) is 17.2 Å². The number of hydrogen-bond donors (Lipinski definition) is 2. The molecule has 0 aliphatic carbocycles. The summed E-state index contributed by atoms with van der Waals surface area (Å²) in [5.41, 5.74) is 1.96. The molecule has 3 aromatic heterocycles. The molecule has 1 aliphatic rings. The van der Waals surface area contributed by atoms with Gasteiger partial charge in [-0.3, -0.25) is 4.79 Å². The maximum atomic E-state index is 13.4. The zero-order chi connectivity index (χ0) is 27.7. The molecule has 5 aromatic rings. The highest BCUT2D eigenvalue weighted by Gasteiger charge is 2.33. The Kier molecular flexibility index (Phi) is 6.22. The molecule has 4 heterocycles. The van der Waals surface area contributed by atoms with E-state index in [-0.39, 0.29) is 28.7 Å². The first-order chi connectivity index (χ1) is 19.4. The highest BCUT2D eigenvalue weighted by molar-refractivity contribution is 6.19. The van der Waals surface area contributed by atoms with Crippen molar-refractivity contribution < 1.29 is 22.4 Å². The van der Waals surface area contributed by atoms with E-state index < -0.39 is 23.8 Å². The van der Waals surface area contributed by atoms with E-state index in [1.807, 2.05) is 42.5 Å². The number of carbonyl (C=O) groups excluding carboxylic acids is 1. The van der Waals surface area contributed by atoms with Crippen LogP contribution in [0.5, 0.6) is 0 Å². The smallest absolute Gasteiger partial charge is 0.402 e. The van der Waals surface area contributed by atoms with Crippen molar-refractivity contribution in [2.24, 2.45) is 4.99 Å². The lowest BCUT2D eigenvalue weighted by Gasteiger charge is -2.12. The number of pyridine rings is 1. The van der Waals surface area contributed by atoms with E-state index in [2.05, 4.69) is 40.8 Å². The summed E-state index contributed by atoms with van der Waals surface area (Å²) in [6.07, 6.45) is -1.19. The van der Waals surface area contributed by atoms with E-state index in [1.165, 1.54) is 18.7 Å². The number of hydrogen-bond acceptors (Lipinski definition) is 9. The van der Waals surface area contributed by atoms with Crippen molar-refractivity contribution in [1.82, 2.24) is 25.1 Å². The number of nitrogens with one attached hydrogen (secondary N) is 2. The maximum Gasteiger partial charge on any atom is 0.417 e. The maximum absolute atomic E-state index is 13.4. The second kappa shape index (κ2) is 10.0. The topological polar surface area (TPSA) is 131 Å². The van der Waals surface area contributed by atoms with Crippen LogP contribution in [-0.2, 0) is 11.0 Å². The van der Waals surface area contributed by atoms with Gasteiger partial charge in [-0.15, -0.1) is 5.10 Å². The quantitative estimate of drug-likeness (QED) is 0.323. The number of alkyl halides is 3. The van der Waals surface area contributed by atoms with Crippen LogP contribution in [0.4, 0.5) is 24.9 Å². The third kappa shape index (κ3) is 4.87. The van der Waals surface area contributed by atoms with Crippen LogP contribution in [0.2, 0.25) is 0 Å². The van der Waals surface area contributed by atoms with Gasteiger partial charge in [0.2, 0.25) is 6.17 Å². The molecule has 1 unspecified atom stereocenters. The van der Waals surface area contributed by atoms with Crippen LogP contribution in [0.15, 0.2) is 95.0 Å². The summed E-state index contributed by atoms with van der Waals surface area (Å²) in [7, 11) is 0. The molecule has 2 N–H and O–H groups in total. The van der Waals surface area contributed by atoms with Crippen molar-refractivity contribution in [3.63, 3.8) is 0 Å². The Hall–Kier alpha value is -5.46. The number of amides is 1. The van der Waals surface area contributed by atoms with Gasteiger partial charge in [0, 0.05) is 40.8 Å². The van der Waals surface area contributed by atoms with Crippen molar-refractivity contribution in [3.05, 3.63) is 102 Å². The summed E-state index contributed by atoms with van der Waals surface area (Å²) in [6.45, 7) is 0. The zero-order valence-electron chi connectivity index (χ0n) is 20.3. The molecule has 198 valence electrons. The van der Waals surface area contributed by atoms with Gasteiger partial charge in [0.1, 0.15) is 12.0 Å². The van der Waals surface area contributed by atoms with Gasteiger partial charge in [0.25, 0.3) is 11.8 Å².